The molecule has 1 heterocycles. The topological polar surface area (TPSA) is 12.5 Å². The zero-order valence-electron chi connectivity index (χ0n) is 11.2. The van der Waals surface area contributed by atoms with Gasteiger partial charge in [0.25, 0.3) is 0 Å². The molecule has 0 N–H and O–H groups in total. The maximum atomic E-state index is 5.93. The van der Waals surface area contributed by atoms with E-state index in [9.17, 15) is 0 Å². The molecule has 1 nitrogen and oxygen atoms in total. The van der Waals surface area contributed by atoms with Gasteiger partial charge in [-0.2, -0.15) is 0 Å². The molecule has 0 aromatic heterocycles. The van der Waals surface area contributed by atoms with Crippen molar-refractivity contribution in [3.05, 3.63) is 12.2 Å². The molecule has 0 radical (unpaired) electrons. The minimum atomic E-state index is 0.156. The van der Waals surface area contributed by atoms with E-state index in [1.54, 1.807) is 0 Å². The van der Waals surface area contributed by atoms with Crippen LogP contribution in [0.1, 0.15) is 59.8 Å². The molecule has 1 spiro atoms. The molecule has 90 valence electrons. The highest BCUT2D eigenvalue weighted by Gasteiger charge is 2.74. The molecule has 3 rings (SSSR count). The zero-order chi connectivity index (χ0) is 11.8. The number of hydrogen-bond donors (Lipinski definition) is 0. The van der Waals surface area contributed by atoms with Gasteiger partial charge in [0.05, 0.1) is 11.2 Å². The highest BCUT2D eigenvalue weighted by molar-refractivity contribution is 5.32. The van der Waals surface area contributed by atoms with Crippen LogP contribution in [0.4, 0.5) is 0 Å². The van der Waals surface area contributed by atoms with Gasteiger partial charge >= 0.3 is 0 Å². The fourth-order valence-electron chi connectivity index (χ4n) is 4.55. The van der Waals surface area contributed by atoms with E-state index >= 15 is 0 Å². The van der Waals surface area contributed by atoms with Crippen molar-refractivity contribution in [2.75, 3.05) is 0 Å². The molecule has 2 saturated carbocycles. The smallest absolute Gasteiger partial charge is 0.0958 e. The summed E-state index contributed by atoms with van der Waals surface area (Å²) in [4.78, 5) is 0. The van der Waals surface area contributed by atoms with Crippen LogP contribution in [0.15, 0.2) is 12.2 Å². The van der Waals surface area contributed by atoms with Crippen molar-refractivity contribution >= 4 is 0 Å². The fraction of sp³-hybridized carbons (Fsp3) is 0.867. The van der Waals surface area contributed by atoms with Crippen molar-refractivity contribution in [2.45, 2.75) is 71.0 Å². The van der Waals surface area contributed by atoms with E-state index in [0.29, 0.717) is 10.8 Å². The largest absolute Gasteiger partial charge is 0.363 e. The molecule has 2 atom stereocenters. The SMILES string of the molecule is C=C1C(C)(C)CCCC12CC1(C)OC1(C)C2. The molecular weight excluding hydrogens is 196 g/mol. The molecule has 1 heteroatoms. The lowest BCUT2D eigenvalue weighted by Gasteiger charge is -2.47. The highest BCUT2D eigenvalue weighted by atomic mass is 16.6. The van der Waals surface area contributed by atoms with Crippen molar-refractivity contribution in [2.24, 2.45) is 10.8 Å². The number of epoxide rings is 1. The number of hydrogen-bond acceptors (Lipinski definition) is 1. The summed E-state index contributed by atoms with van der Waals surface area (Å²) in [6, 6.07) is 0. The predicted molar refractivity (Wildman–Crippen MR) is 66.3 cm³/mol. The Hall–Kier alpha value is -0.300. The van der Waals surface area contributed by atoms with Crippen LogP contribution in [0.3, 0.4) is 0 Å². The van der Waals surface area contributed by atoms with E-state index in [0.717, 1.165) is 0 Å². The normalized spacial score (nSPS) is 54.1. The third kappa shape index (κ3) is 1.11. The summed E-state index contributed by atoms with van der Waals surface area (Å²) in [5, 5.41) is 0. The Labute approximate surface area is 99.3 Å². The molecule has 3 aliphatic rings. The quantitative estimate of drug-likeness (QED) is 0.442. The highest BCUT2D eigenvalue weighted by Crippen LogP contribution is 2.71. The van der Waals surface area contributed by atoms with E-state index < -0.39 is 0 Å². The predicted octanol–water partition coefficient (Wildman–Crippen LogP) is 4.08. The van der Waals surface area contributed by atoms with Gasteiger partial charge in [-0.15, -0.1) is 0 Å². The Bertz CT molecular complexity index is 352. The second kappa shape index (κ2) is 2.58. The molecule has 2 aliphatic carbocycles. The molecule has 0 bridgehead atoms. The summed E-state index contributed by atoms with van der Waals surface area (Å²) in [7, 11) is 0. The second-order valence-corrected chi connectivity index (χ2v) is 7.41. The fourth-order valence-corrected chi connectivity index (χ4v) is 4.55. The van der Waals surface area contributed by atoms with Crippen molar-refractivity contribution < 1.29 is 4.74 Å². The summed E-state index contributed by atoms with van der Waals surface area (Å²) >= 11 is 0. The van der Waals surface area contributed by atoms with Gasteiger partial charge in [-0.3, -0.25) is 0 Å². The lowest BCUT2D eigenvalue weighted by molar-refractivity contribution is 0.0934. The van der Waals surface area contributed by atoms with Crippen LogP contribution in [0.2, 0.25) is 0 Å². The molecular formula is C15H24O. The van der Waals surface area contributed by atoms with E-state index in [1.165, 1.54) is 37.7 Å². The average molecular weight is 220 g/mol. The first-order valence-corrected chi connectivity index (χ1v) is 6.63. The van der Waals surface area contributed by atoms with E-state index in [1.807, 2.05) is 0 Å². The van der Waals surface area contributed by atoms with Gasteiger partial charge in [-0.25, -0.2) is 0 Å². The van der Waals surface area contributed by atoms with Crippen molar-refractivity contribution in [1.29, 1.82) is 0 Å². The van der Waals surface area contributed by atoms with Crippen molar-refractivity contribution in [1.82, 2.24) is 0 Å². The first kappa shape index (κ1) is 10.8. The third-order valence-electron chi connectivity index (χ3n) is 5.79. The summed E-state index contributed by atoms with van der Waals surface area (Å²) < 4.78 is 5.93. The lowest BCUT2D eigenvalue weighted by Crippen LogP contribution is -2.36. The standard InChI is InChI=1S/C15H24O/c1-11-12(2,3)7-6-8-15(11)9-13(4)14(5,10-15)16-13/h1,6-10H2,2-5H3. The number of fused-ring (bicyclic) bond motifs is 1. The Morgan fingerprint density at radius 3 is 2.12 bits per heavy atom. The first-order chi connectivity index (χ1) is 7.23. The van der Waals surface area contributed by atoms with Gasteiger partial charge < -0.3 is 4.74 Å². The number of ether oxygens (including phenoxy) is 1. The summed E-state index contributed by atoms with van der Waals surface area (Å²) in [5.41, 5.74) is 2.54. The molecule has 0 aromatic carbocycles. The van der Waals surface area contributed by atoms with Crippen LogP contribution < -0.4 is 0 Å². The van der Waals surface area contributed by atoms with Crippen molar-refractivity contribution in [3.63, 3.8) is 0 Å². The molecule has 1 saturated heterocycles. The maximum absolute atomic E-state index is 5.93. The zero-order valence-corrected chi connectivity index (χ0v) is 11.2. The Kier molecular flexibility index (Phi) is 1.75. The maximum Gasteiger partial charge on any atom is 0.0958 e. The number of rotatable bonds is 0. The molecule has 3 fully saturated rings. The van der Waals surface area contributed by atoms with Gasteiger partial charge in [0.1, 0.15) is 0 Å². The van der Waals surface area contributed by atoms with E-state index in [2.05, 4.69) is 34.3 Å². The molecule has 0 aromatic rings. The molecule has 0 amide bonds. The third-order valence-corrected chi connectivity index (χ3v) is 5.79. The van der Waals surface area contributed by atoms with Gasteiger partial charge in [0.2, 0.25) is 0 Å². The lowest BCUT2D eigenvalue weighted by atomic mass is 9.59. The van der Waals surface area contributed by atoms with Crippen LogP contribution in [0.5, 0.6) is 0 Å². The van der Waals surface area contributed by atoms with Gasteiger partial charge in [0, 0.05) is 0 Å². The average Bonchev–Trinajstić information content (AvgIpc) is 2.54. The van der Waals surface area contributed by atoms with Gasteiger partial charge in [-0.1, -0.05) is 32.4 Å². The second-order valence-electron chi connectivity index (χ2n) is 7.41. The monoisotopic (exact) mass is 220 g/mol. The number of allylic oxidation sites excluding steroid dienone is 1. The molecule has 1 aliphatic heterocycles. The minimum absolute atomic E-state index is 0.156. The Morgan fingerprint density at radius 2 is 1.56 bits per heavy atom. The van der Waals surface area contributed by atoms with E-state index in [4.69, 9.17) is 4.74 Å². The minimum Gasteiger partial charge on any atom is -0.363 e. The Balaban J connectivity index is 1.93. The van der Waals surface area contributed by atoms with Crippen LogP contribution >= 0.6 is 0 Å². The van der Waals surface area contributed by atoms with Gasteiger partial charge in [-0.05, 0) is 50.4 Å². The van der Waals surface area contributed by atoms with Crippen LogP contribution in [-0.2, 0) is 4.74 Å². The summed E-state index contributed by atoms with van der Waals surface area (Å²) in [6.07, 6.45) is 6.42. The molecule has 2 unspecified atom stereocenters. The van der Waals surface area contributed by atoms with E-state index in [-0.39, 0.29) is 11.2 Å². The van der Waals surface area contributed by atoms with Crippen LogP contribution in [-0.4, -0.2) is 11.2 Å². The van der Waals surface area contributed by atoms with Crippen LogP contribution in [0, 0.1) is 10.8 Å². The molecule has 16 heavy (non-hydrogen) atoms. The van der Waals surface area contributed by atoms with Gasteiger partial charge in [0.15, 0.2) is 0 Å². The summed E-state index contributed by atoms with van der Waals surface area (Å²) in [6.45, 7) is 13.8. The van der Waals surface area contributed by atoms with Crippen molar-refractivity contribution in [3.8, 4) is 0 Å². The van der Waals surface area contributed by atoms with Crippen LogP contribution in [0.25, 0.3) is 0 Å². The Morgan fingerprint density at radius 1 is 1.00 bits per heavy atom. The summed E-state index contributed by atoms with van der Waals surface area (Å²) in [5.74, 6) is 0. The first-order valence-electron chi connectivity index (χ1n) is 6.63.